The molecule has 878 valence electrons. The molecule has 2 heterocycles. The number of esters is 6. The van der Waals surface area contributed by atoms with Gasteiger partial charge in [0, 0.05) is 59.7 Å². The van der Waals surface area contributed by atoms with Gasteiger partial charge in [0.15, 0.2) is 36.6 Å². The van der Waals surface area contributed by atoms with E-state index >= 15 is 28.8 Å². The van der Waals surface area contributed by atoms with Crippen molar-refractivity contribution in [2.45, 2.75) is 726 Å². The highest BCUT2D eigenvalue weighted by atomic mass is 127. The molecule has 4 unspecified atom stereocenters. The standard InChI is InChI=1S/C126H234I2N5O15S2/c1-7-13-19-25-31-37-43-49-55-61-67-73-79-85-91-98-113(134)142-119-111(108-149-106-97-104-128-131-133-132-129)140-125(123(146-117(138)102-95-89-83-77-71-65-59-53-47-41-35-29-23-17-11-5)121(119)144-115(136)100-93-87-81-75-69-63-57-51-45-39-33-27-21-15-9-3)148-126-124(147-118(139)103-96-90-84-78-72-66-60-54-48-42-36-30-24-18-12-6)122(145-116(137)101-94-88-82-76-70-64-58-52-46-40-34-28-22-16-10-4)120(112(141-126)109-150-107-105-130-110-127)143-114(135)99-92-86-80-74-68-62-56-50-44-38-32-26-20-14-8-2/h111-112,119-126H,7-109H2,1-6H3/q+1/t111?,112-,119-,120-,121+,122?,123?,124?,125-,126-/m1/s1. The summed E-state index contributed by atoms with van der Waals surface area (Å²) in [5.74, 6) is -1.68. The van der Waals surface area contributed by atoms with E-state index in [1.54, 1.807) is 11.8 Å². The third-order valence-corrected chi connectivity index (χ3v) is 34.8. The summed E-state index contributed by atoms with van der Waals surface area (Å²) in [7, 11) is 0. The molecule has 2 saturated heterocycles. The van der Waals surface area contributed by atoms with Gasteiger partial charge >= 0.3 is 39.9 Å². The zero-order valence-electron chi connectivity index (χ0n) is 98.0. The molecular formula is C126H234I2N5O15S2+. The van der Waals surface area contributed by atoms with Gasteiger partial charge in [-0.15, -0.1) is 5.53 Å². The van der Waals surface area contributed by atoms with Gasteiger partial charge < -0.3 is 42.6 Å². The third-order valence-electron chi connectivity index (χ3n) is 30.6. The quantitative estimate of drug-likeness (QED) is 0.00631. The van der Waals surface area contributed by atoms with Gasteiger partial charge in [-0.25, -0.2) is 0 Å². The third kappa shape index (κ3) is 89.2. The van der Waals surface area contributed by atoms with Gasteiger partial charge in [0.2, 0.25) is 12.6 Å². The molecule has 0 saturated carbocycles. The summed E-state index contributed by atoms with van der Waals surface area (Å²) < 4.78 is 71.1. The van der Waals surface area contributed by atoms with E-state index in [0.717, 1.165) is 165 Å². The van der Waals surface area contributed by atoms with Crippen molar-refractivity contribution in [3.63, 3.8) is 0 Å². The van der Waals surface area contributed by atoms with E-state index in [9.17, 15) is 0 Å². The number of ether oxygens (including phenoxy) is 9. The molecule has 0 amide bonds. The second-order valence-electron chi connectivity index (χ2n) is 44.7. The number of nitrogens with zero attached hydrogens (tertiary/aromatic N) is 5. The number of hydrogen-bond donors (Lipinski definition) is 0. The predicted octanol–water partition coefficient (Wildman–Crippen LogP) is 41.5. The second-order valence-corrected chi connectivity index (χ2v) is 49.7. The van der Waals surface area contributed by atoms with E-state index in [4.69, 9.17) is 48.2 Å². The van der Waals surface area contributed by atoms with Gasteiger partial charge in [0.05, 0.1) is 5.75 Å². The Morgan fingerprint density at radius 2 is 0.440 bits per heavy atom. The van der Waals surface area contributed by atoms with Crippen molar-refractivity contribution in [3.05, 3.63) is 15.3 Å². The van der Waals surface area contributed by atoms with Crippen LogP contribution in [0.25, 0.3) is 15.3 Å². The van der Waals surface area contributed by atoms with Crippen molar-refractivity contribution >= 4 is 103 Å². The molecule has 150 heavy (non-hydrogen) atoms. The number of unbranched alkanes of at least 4 members (excludes halogenated alkanes) is 84. The van der Waals surface area contributed by atoms with Gasteiger partial charge in [0.1, 0.15) is 55.8 Å². The number of azide groups is 1. The lowest BCUT2D eigenvalue weighted by molar-refractivity contribution is -0.371. The lowest BCUT2D eigenvalue weighted by Crippen LogP contribution is -2.66. The first kappa shape index (κ1) is 144. The summed E-state index contributed by atoms with van der Waals surface area (Å²) >= 11 is 4.31. The largest absolute Gasteiger partial charge is 0.455 e. The van der Waals surface area contributed by atoms with Crippen LogP contribution in [0, 0.1) is 4.08 Å². The summed E-state index contributed by atoms with van der Waals surface area (Å²) in [6.45, 7) is 14.1. The molecule has 24 heteroatoms. The van der Waals surface area contributed by atoms with Crippen LogP contribution >= 0.6 is 67.1 Å². The highest BCUT2D eigenvalue weighted by Crippen LogP contribution is 2.39. The minimum atomic E-state index is -1.66. The van der Waals surface area contributed by atoms with E-state index in [-0.39, 0.29) is 50.0 Å². The van der Waals surface area contributed by atoms with Crippen LogP contribution in [0.15, 0.2) is 8.48 Å². The fraction of sp³-hybridized carbons (Fsp3) is 0.944. The van der Waals surface area contributed by atoms with Gasteiger partial charge in [0.25, 0.3) is 6.54 Å². The lowest BCUT2D eigenvalue weighted by atomic mass is 9.97. The topological polar surface area (TPSA) is 251 Å². The Bertz CT molecular complexity index is 3170. The van der Waals surface area contributed by atoms with Gasteiger partial charge in [-0.05, 0) is 54.0 Å². The first-order valence-electron chi connectivity index (χ1n) is 64.5. The second kappa shape index (κ2) is 113. The van der Waals surface area contributed by atoms with Gasteiger partial charge in [-0.1, -0.05) is 586 Å². The molecule has 0 aliphatic carbocycles. The SMILES string of the molecule is CCCCCCCCCCCCCCCCCC(=O)OC1C(OC(=O)CCCCCCCCCCCCCCCCC)[C@H](OC(=O)CCCCCCCCCCCCCCCCC)[C@@H](CSCC[N+]#CI)O[C@@H]1O[C@H]1OC(CSCCCI=NN=[N+]=[N-])[C@@H](OC(=O)CCCCCCCCCCCCCCCCC)[C@H](OC(=O)CCCCCCCCCCCCCCCCC)C1OC(=O)CCCCCCCCCCCCCCCCC. The highest BCUT2D eigenvalue weighted by molar-refractivity contribution is 14.2. The molecule has 20 nitrogen and oxygen atoms in total. The number of hydrogen-bond acceptors (Lipinski definition) is 18. The molecule has 2 rings (SSSR count). The number of rotatable bonds is 115. The molecule has 0 aromatic heterocycles. The van der Waals surface area contributed by atoms with Gasteiger partial charge in [-0.2, -0.15) is 28.4 Å². The molecular weight excluding hydrogens is 2140 g/mol. The maximum atomic E-state index is 15.3. The van der Waals surface area contributed by atoms with Crippen LogP contribution in [-0.4, -0.2) is 131 Å². The molecule has 2 fully saturated rings. The van der Waals surface area contributed by atoms with Crippen LogP contribution < -0.4 is 0 Å². The summed E-state index contributed by atoms with van der Waals surface area (Å²) in [4.78, 5) is 98.6. The summed E-state index contributed by atoms with van der Waals surface area (Å²) in [6, 6.07) is 0. The van der Waals surface area contributed by atoms with Crippen molar-refractivity contribution in [2.24, 2.45) is 8.48 Å². The first-order chi connectivity index (χ1) is 73.9. The number of carbonyl (C=O) groups excluding carboxylic acids is 6. The fourth-order valence-corrected chi connectivity index (χ4v) is 25.0. The smallest absolute Gasteiger partial charge is 0.343 e. The van der Waals surface area contributed by atoms with Gasteiger partial charge in [-0.3, -0.25) is 28.8 Å². The highest BCUT2D eigenvalue weighted by Gasteiger charge is 2.58. The minimum absolute atomic E-state index is 0.0285. The molecule has 0 aromatic rings. The summed E-state index contributed by atoms with van der Waals surface area (Å²) in [5, 5.41) is 3.48. The summed E-state index contributed by atoms with van der Waals surface area (Å²) in [6.07, 6.45) is 91.7. The molecule has 10 atom stereocenters. The van der Waals surface area contributed by atoms with E-state index in [1.807, 2.05) is 22.6 Å². The van der Waals surface area contributed by atoms with E-state index in [0.29, 0.717) is 56.6 Å². The van der Waals surface area contributed by atoms with Crippen LogP contribution in [0.2, 0.25) is 0 Å². The number of carbonyl (C=O) groups is 6. The molecule has 0 spiro atoms. The predicted molar refractivity (Wildman–Crippen MR) is 651 cm³/mol. The number of alkyl halides is 1. The number of thioether (sulfide) groups is 2. The molecule has 2 aliphatic heterocycles. The Morgan fingerprint density at radius 3 is 0.633 bits per heavy atom. The summed E-state index contributed by atoms with van der Waals surface area (Å²) in [5.41, 5.74) is 9.11. The molecule has 0 N–H and O–H groups in total. The monoisotopic (exact) mass is 2380 g/mol. The minimum Gasteiger partial charge on any atom is -0.455 e. The lowest BCUT2D eigenvalue weighted by Gasteiger charge is -2.48. The Morgan fingerprint density at radius 1 is 0.260 bits per heavy atom. The van der Waals surface area contributed by atoms with Crippen molar-refractivity contribution in [2.75, 3.05) is 34.0 Å². The first-order valence-corrected chi connectivity index (χ1v) is 70.4. The fourth-order valence-electron chi connectivity index (χ4n) is 21.1. The Kier molecular flexibility index (Phi) is 108. The van der Waals surface area contributed by atoms with Crippen LogP contribution in [0.3, 0.4) is 0 Å². The molecule has 2 aliphatic rings. The average Bonchev–Trinajstić information content (AvgIpc) is 0.772. The zero-order valence-corrected chi connectivity index (χ0v) is 104. The van der Waals surface area contributed by atoms with Crippen molar-refractivity contribution in [3.8, 4) is 4.08 Å². The van der Waals surface area contributed by atoms with Crippen molar-refractivity contribution in [1.82, 2.24) is 0 Å². The zero-order chi connectivity index (χ0) is 108. The Balaban J connectivity index is 3.01. The van der Waals surface area contributed by atoms with Crippen LogP contribution in [-0.2, 0) is 71.4 Å². The van der Waals surface area contributed by atoms with Crippen LogP contribution in [0.4, 0.5) is 0 Å². The van der Waals surface area contributed by atoms with Crippen molar-refractivity contribution < 1.29 is 71.4 Å². The molecule has 0 radical (unpaired) electrons. The molecule has 0 bridgehead atoms. The Hall–Kier alpha value is -2.54. The van der Waals surface area contributed by atoms with Crippen LogP contribution in [0.1, 0.15) is 664 Å². The normalized spacial score (nSPS) is 17.7. The Labute approximate surface area is 954 Å². The molecule has 0 aromatic carbocycles. The average molecular weight is 2380 g/mol. The van der Waals surface area contributed by atoms with E-state index in [1.165, 1.54) is 397 Å². The van der Waals surface area contributed by atoms with Crippen molar-refractivity contribution in [1.29, 1.82) is 0 Å². The van der Waals surface area contributed by atoms with Crippen LogP contribution in [0.5, 0.6) is 0 Å². The number of halogens is 2. The van der Waals surface area contributed by atoms with E-state index < -0.39 is 118 Å². The maximum Gasteiger partial charge on any atom is 0.343 e. The van der Waals surface area contributed by atoms with E-state index in [2.05, 4.69) is 63.9 Å². The maximum absolute atomic E-state index is 15.3.